The number of hydrogen-bond donors (Lipinski definition) is 1. The maximum absolute atomic E-state index is 12.4. The lowest BCUT2D eigenvalue weighted by Gasteiger charge is -2.12. The van der Waals surface area contributed by atoms with Crippen LogP contribution >= 0.6 is 11.6 Å². The van der Waals surface area contributed by atoms with Gasteiger partial charge in [-0.3, -0.25) is 4.79 Å². The van der Waals surface area contributed by atoms with Gasteiger partial charge in [-0.1, -0.05) is 24.6 Å². The van der Waals surface area contributed by atoms with Gasteiger partial charge in [0.1, 0.15) is 0 Å². The first kappa shape index (κ1) is 22.3. The molecule has 0 aliphatic heterocycles. The Bertz CT molecular complexity index is 1110. The van der Waals surface area contributed by atoms with E-state index in [2.05, 4.69) is 20.8 Å². The molecular formula is C22H24ClN5O3. The van der Waals surface area contributed by atoms with E-state index in [9.17, 15) is 4.79 Å². The lowest BCUT2D eigenvalue weighted by atomic mass is 10.1. The number of carbonyl (C=O) groups excluding carboxylic acids is 1. The fraction of sp³-hybridized carbons (Fsp3) is 0.273. The maximum Gasteiger partial charge on any atom is 0.248 e. The van der Waals surface area contributed by atoms with Crippen LogP contribution in [0.1, 0.15) is 30.3 Å². The SMILES string of the molecule is CCCOc1c(Cl)cc(/C=C/C(=O)Nc2ccc(C)c(-n3nnnc3C)c2)cc1OC. The van der Waals surface area contributed by atoms with Crippen molar-refractivity contribution in [2.24, 2.45) is 0 Å². The average molecular weight is 442 g/mol. The van der Waals surface area contributed by atoms with Crippen molar-refractivity contribution in [3.8, 4) is 17.2 Å². The number of nitrogens with one attached hydrogen (secondary N) is 1. The van der Waals surface area contributed by atoms with E-state index < -0.39 is 0 Å². The summed E-state index contributed by atoms with van der Waals surface area (Å²) in [6, 6.07) is 9.04. The van der Waals surface area contributed by atoms with E-state index in [0.29, 0.717) is 34.6 Å². The summed E-state index contributed by atoms with van der Waals surface area (Å²) in [4.78, 5) is 12.4. The molecule has 1 heterocycles. The number of halogens is 1. The van der Waals surface area contributed by atoms with Crippen LogP contribution in [0.3, 0.4) is 0 Å². The van der Waals surface area contributed by atoms with Crippen LogP contribution in [0, 0.1) is 13.8 Å². The molecule has 0 unspecified atom stereocenters. The molecule has 0 atom stereocenters. The van der Waals surface area contributed by atoms with Gasteiger partial charge in [0.15, 0.2) is 17.3 Å². The van der Waals surface area contributed by atoms with Gasteiger partial charge in [0.2, 0.25) is 5.91 Å². The number of methoxy groups -OCH3 is 1. The molecule has 1 N–H and O–H groups in total. The highest BCUT2D eigenvalue weighted by atomic mass is 35.5. The smallest absolute Gasteiger partial charge is 0.248 e. The van der Waals surface area contributed by atoms with Crippen LogP contribution in [-0.4, -0.2) is 39.8 Å². The molecule has 3 aromatic rings. The molecule has 0 saturated carbocycles. The number of aryl methyl sites for hydroxylation is 2. The standard InChI is InChI=1S/C22H24ClN5O3/c1-5-10-31-22-18(23)11-16(12-20(22)30-4)7-9-21(29)24-17-8-6-14(2)19(13-17)28-15(3)25-26-27-28/h6-9,11-13H,5,10H2,1-4H3,(H,24,29)/b9-7+. The molecule has 1 amide bonds. The van der Waals surface area contributed by atoms with Gasteiger partial charge in [-0.25, -0.2) is 0 Å². The summed E-state index contributed by atoms with van der Waals surface area (Å²) in [5, 5.41) is 14.8. The van der Waals surface area contributed by atoms with E-state index in [4.69, 9.17) is 21.1 Å². The molecule has 0 spiro atoms. The van der Waals surface area contributed by atoms with E-state index in [-0.39, 0.29) is 5.91 Å². The van der Waals surface area contributed by atoms with Crippen molar-refractivity contribution >= 4 is 29.3 Å². The van der Waals surface area contributed by atoms with E-state index >= 15 is 0 Å². The first-order valence-electron chi connectivity index (χ1n) is 9.78. The van der Waals surface area contributed by atoms with Gasteiger partial charge in [0, 0.05) is 11.8 Å². The first-order valence-corrected chi connectivity index (χ1v) is 10.2. The van der Waals surface area contributed by atoms with E-state index in [0.717, 1.165) is 23.2 Å². The highest BCUT2D eigenvalue weighted by Crippen LogP contribution is 2.36. The number of hydrogen-bond acceptors (Lipinski definition) is 6. The summed E-state index contributed by atoms with van der Waals surface area (Å²) in [6.07, 6.45) is 3.95. The molecule has 0 radical (unpaired) electrons. The Labute approximate surface area is 185 Å². The number of ether oxygens (including phenoxy) is 2. The molecule has 3 rings (SSSR count). The van der Waals surface area contributed by atoms with Crippen LogP contribution in [-0.2, 0) is 4.79 Å². The molecule has 0 bridgehead atoms. The molecular weight excluding hydrogens is 418 g/mol. The van der Waals surface area contributed by atoms with Crippen LogP contribution in [0.15, 0.2) is 36.4 Å². The second-order valence-corrected chi connectivity index (χ2v) is 7.25. The lowest BCUT2D eigenvalue weighted by molar-refractivity contribution is -0.111. The third-order valence-corrected chi connectivity index (χ3v) is 4.74. The predicted molar refractivity (Wildman–Crippen MR) is 120 cm³/mol. The van der Waals surface area contributed by atoms with Crippen molar-refractivity contribution < 1.29 is 14.3 Å². The molecule has 0 aliphatic carbocycles. The molecule has 2 aromatic carbocycles. The van der Waals surface area contributed by atoms with Gasteiger partial charge in [0.25, 0.3) is 0 Å². The fourth-order valence-corrected chi connectivity index (χ4v) is 3.18. The van der Waals surface area contributed by atoms with Crippen molar-refractivity contribution in [3.63, 3.8) is 0 Å². The first-order chi connectivity index (χ1) is 14.9. The Kier molecular flexibility index (Phi) is 7.25. The van der Waals surface area contributed by atoms with Gasteiger partial charge in [-0.15, -0.1) is 5.10 Å². The zero-order chi connectivity index (χ0) is 22.4. The Morgan fingerprint density at radius 3 is 2.74 bits per heavy atom. The minimum atomic E-state index is -0.287. The molecule has 9 heteroatoms. The quantitative estimate of drug-likeness (QED) is 0.521. The minimum Gasteiger partial charge on any atom is -0.493 e. The molecule has 0 saturated heterocycles. The summed E-state index contributed by atoms with van der Waals surface area (Å²) >= 11 is 6.33. The number of amides is 1. The largest absolute Gasteiger partial charge is 0.493 e. The van der Waals surface area contributed by atoms with Crippen LogP contribution in [0.5, 0.6) is 11.5 Å². The number of anilines is 1. The Morgan fingerprint density at radius 1 is 1.26 bits per heavy atom. The Balaban J connectivity index is 1.75. The van der Waals surface area contributed by atoms with Crippen LogP contribution in [0.2, 0.25) is 5.02 Å². The third kappa shape index (κ3) is 5.40. The highest BCUT2D eigenvalue weighted by Gasteiger charge is 2.12. The molecule has 0 fully saturated rings. The molecule has 0 aliphatic rings. The summed E-state index contributed by atoms with van der Waals surface area (Å²) < 4.78 is 12.6. The van der Waals surface area contributed by atoms with E-state index in [1.54, 1.807) is 30.0 Å². The van der Waals surface area contributed by atoms with Crippen LogP contribution < -0.4 is 14.8 Å². The van der Waals surface area contributed by atoms with E-state index in [1.165, 1.54) is 6.08 Å². The summed E-state index contributed by atoms with van der Waals surface area (Å²) in [7, 11) is 1.55. The second-order valence-electron chi connectivity index (χ2n) is 6.84. The van der Waals surface area contributed by atoms with Crippen LogP contribution in [0.4, 0.5) is 5.69 Å². The van der Waals surface area contributed by atoms with Crippen molar-refractivity contribution in [1.82, 2.24) is 20.2 Å². The number of rotatable bonds is 8. The molecule has 1 aromatic heterocycles. The van der Waals surface area contributed by atoms with Crippen LogP contribution in [0.25, 0.3) is 11.8 Å². The lowest BCUT2D eigenvalue weighted by Crippen LogP contribution is -2.09. The topological polar surface area (TPSA) is 91.2 Å². The van der Waals surface area contributed by atoms with Gasteiger partial charge in [0.05, 0.1) is 24.4 Å². The van der Waals surface area contributed by atoms with Crippen molar-refractivity contribution in [3.05, 3.63) is 58.4 Å². The molecule has 162 valence electrons. The maximum atomic E-state index is 12.4. The number of carbonyl (C=O) groups is 1. The zero-order valence-corrected chi connectivity index (χ0v) is 18.6. The van der Waals surface area contributed by atoms with Gasteiger partial charge >= 0.3 is 0 Å². The highest BCUT2D eigenvalue weighted by molar-refractivity contribution is 6.32. The summed E-state index contributed by atoms with van der Waals surface area (Å²) in [5.74, 6) is 1.38. The van der Waals surface area contributed by atoms with Gasteiger partial charge in [-0.05, 0) is 72.2 Å². The number of nitrogens with zero attached hydrogens (tertiary/aromatic N) is 4. The van der Waals surface area contributed by atoms with Gasteiger partial charge < -0.3 is 14.8 Å². The second kappa shape index (κ2) is 10.1. The molecule has 8 nitrogen and oxygen atoms in total. The van der Waals surface area contributed by atoms with Crippen molar-refractivity contribution in [2.75, 3.05) is 19.0 Å². The predicted octanol–water partition coefficient (Wildman–Crippen LogP) is 4.38. The summed E-state index contributed by atoms with van der Waals surface area (Å²) in [5.41, 5.74) is 3.12. The minimum absolute atomic E-state index is 0.287. The Morgan fingerprint density at radius 2 is 2.06 bits per heavy atom. The monoisotopic (exact) mass is 441 g/mol. The fourth-order valence-electron chi connectivity index (χ4n) is 2.91. The summed E-state index contributed by atoms with van der Waals surface area (Å²) in [6.45, 7) is 6.31. The zero-order valence-electron chi connectivity index (χ0n) is 17.8. The van der Waals surface area contributed by atoms with Crippen molar-refractivity contribution in [2.45, 2.75) is 27.2 Å². The van der Waals surface area contributed by atoms with Crippen molar-refractivity contribution in [1.29, 1.82) is 0 Å². The Hall–Kier alpha value is -3.39. The van der Waals surface area contributed by atoms with E-state index in [1.807, 2.05) is 39.0 Å². The van der Waals surface area contributed by atoms with Gasteiger partial charge in [-0.2, -0.15) is 4.68 Å². The average Bonchev–Trinajstić information content (AvgIpc) is 3.18. The number of benzene rings is 2. The normalized spacial score (nSPS) is 11.0. The number of aromatic nitrogens is 4. The molecule has 31 heavy (non-hydrogen) atoms. The third-order valence-electron chi connectivity index (χ3n) is 4.46. The number of tetrazole rings is 1.